The molecule has 4 aromatic rings. The van der Waals surface area contributed by atoms with Crippen LogP contribution in [0.2, 0.25) is 0 Å². The van der Waals surface area contributed by atoms with E-state index in [2.05, 4.69) is 9.97 Å². The SMILES string of the molecule is Cc1ccc2c(c1)[nH]c1nc3ccccc3c(=O)n12. The first-order valence-corrected chi connectivity index (χ1v) is 6.14. The Hall–Kier alpha value is -2.62. The molecular formula is C15H11N3O. The third kappa shape index (κ3) is 1.34. The molecule has 4 rings (SSSR count). The molecule has 2 aromatic carbocycles. The minimum absolute atomic E-state index is 0.0318. The number of fused-ring (bicyclic) bond motifs is 4. The maximum Gasteiger partial charge on any atom is 0.267 e. The van der Waals surface area contributed by atoms with Gasteiger partial charge < -0.3 is 4.98 Å². The van der Waals surface area contributed by atoms with Crippen LogP contribution in [-0.2, 0) is 0 Å². The lowest BCUT2D eigenvalue weighted by molar-refractivity contribution is 1.12. The summed E-state index contributed by atoms with van der Waals surface area (Å²) in [6, 6.07) is 13.4. The number of H-pyrrole nitrogens is 1. The minimum Gasteiger partial charge on any atom is -0.323 e. The van der Waals surface area contributed by atoms with Crippen LogP contribution in [0, 0.1) is 6.92 Å². The van der Waals surface area contributed by atoms with E-state index in [0.717, 1.165) is 22.1 Å². The lowest BCUT2D eigenvalue weighted by Crippen LogP contribution is -2.13. The first kappa shape index (κ1) is 10.3. The summed E-state index contributed by atoms with van der Waals surface area (Å²) in [4.78, 5) is 20.3. The van der Waals surface area contributed by atoms with Crippen molar-refractivity contribution >= 4 is 27.7 Å². The van der Waals surface area contributed by atoms with E-state index in [1.807, 2.05) is 49.4 Å². The van der Waals surface area contributed by atoms with Gasteiger partial charge in [0, 0.05) is 0 Å². The minimum atomic E-state index is -0.0318. The summed E-state index contributed by atoms with van der Waals surface area (Å²) < 4.78 is 1.64. The van der Waals surface area contributed by atoms with Crippen LogP contribution < -0.4 is 5.56 Å². The monoisotopic (exact) mass is 249 g/mol. The topological polar surface area (TPSA) is 50.2 Å². The molecule has 0 unspecified atom stereocenters. The average molecular weight is 249 g/mol. The summed E-state index contributed by atoms with van der Waals surface area (Å²) in [6.07, 6.45) is 0. The molecule has 0 saturated heterocycles. The Morgan fingerprint density at radius 1 is 1.16 bits per heavy atom. The number of imidazole rings is 1. The summed E-state index contributed by atoms with van der Waals surface area (Å²) in [6.45, 7) is 2.03. The van der Waals surface area contributed by atoms with Gasteiger partial charge in [-0.25, -0.2) is 9.38 Å². The normalized spacial score (nSPS) is 11.6. The molecular weight excluding hydrogens is 238 g/mol. The third-order valence-electron chi connectivity index (χ3n) is 3.42. The van der Waals surface area contributed by atoms with Gasteiger partial charge in [-0.1, -0.05) is 18.2 Å². The zero-order chi connectivity index (χ0) is 13.0. The van der Waals surface area contributed by atoms with Crippen LogP contribution in [0.5, 0.6) is 0 Å². The number of nitrogens with zero attached hydrogens (tertiary/aromatic N) is 2. The molecule has 4 nitrogen and oxygen atoms in total. The second kappa shape index (κ2) is 3.45. The Bertz CT molecular complexity index is 995. The molecule has 2 heterocycles. The van der Waals surface area contributed by atoms with Gasteiger partial charge in [-0.05, 0) is 36.8 Å². The Kier molecular flexibility index (Phi) is 1.87. The number of hydrogen-bond donors (Lipinski definition) is 1. The van der Waals surface area contributed by atoms with Crippen LogP contribution in [0.3, 0.4) is 0 Å². The van der Waals surface area contributed by atoms with Crippen molar-refractivity contribution in [3.05, 3.63) is 58.4 Å². The van der Waals surface area contributed by atoms with Crippen LogP contribution in [0.15, 0.2) is 47.3 Å². The van der Waals surface area contributed by atoms with Gasteiger partial charge in [-0.2, -0.15) is 0 Å². The van der Waals surface area contributed by atoms with Crippen molar-refractivity contribution in [3.63, 3.8) is 0 Å². The molecule has 19 heavy (non-hydrogen) atoms. The third-order valence-corrected chi connectivity index (χ3v) is 3.42. The fourth-order valence-electron chi connectivity index (χ4n) is 2.51. The van der Waals surface area contributed by atoms with Crippen LogP contribution in [-0.4, -0.2) is 14.4 Å². The number of rotatable bonds is 0. The molecule has 0 bridgehead atoms. The molecule has 0 aliphatic rings. The summed E-state index contributed by atoms with van der Waals surface area (Å²) >= 11 is 0. The van der Waals surface area contributed by atoms with E-state index in [4.69, 9.17) is 0 Å². The van der Waals surface area contributed by atoms with E-state index >= 15 is 0 Å². The molecule has 0 spiro atoms. The first-order valence-electron chi connectivity index (χ1n) is 6.14. The quantitative estimate of drug-likeness (QED) is 0.521. The van der Waals surface area contributed by atoms with Gasteiger partial charge in [0.1, 0.15) is 0 Å². The van der Waals surface area contributed by atoms with Crippen molar-refractivity contribution < 1.29 is 0 Å². The Labute approximate surface area is 108 Å². The second-order valence-corrected chi connectivity index (χ2v) is 4.74. The number of para-hydroxylation sites is 1. The zero-order valence-corrected chi connectivity index (χ0v) is 10.3. The van der Waals surface area contributed by atoms with Crippen molar-refractivity contribution in [2.75, 3.05) is 0 Å². The van der Waals surface area contributed by atoms with Gasteiger partial charge >= 0.3 is 0 Å². The highest BCUT2D eigenvalue weighted by atomic mass is 16.1. The fourth-order valence-corrected chi connectivity index (χ4v) is 2.51. The highest BCUT2D eigenvalue weighted by Crippen LogP contribution is 2.17. The number of aryl methyl sites for hydroxylation is 1. The van der Waals surface area contributed by atoms with Gasteiger partial charge in [0.25, 0.3) is 5.56 Å². The van der Waals surface area contributed by atoms with E-state index < -0.39 is 0 Å². The molecule has 2 aromatic heterocycles. The molecule has 1 N–H and O–H groups in total. The van der Waals surface area contributed by atoms with E-state index in [9.17, 15) is 4.79 Å². The lowest BCUT2D eigenvalue weighted by atomic mass is 10.2. The lowest BCUT2D eigenvalue weighted by Gasteiger charge is -1.98. The predicted octanol–water partition coefficient (Wildman–Crippen LogP) is 2.64. The van der Waals surface area contributed by atoms with Gasteiger partial charge in [-0.3, -0.25) is 4.79 Å². The Balaban J connectivity index is 2.33. The highest BCUT2D eigenvalue weighted by Gasteiger charge is 2.10. The maximum absolute atomic E-state index is 12.6. The summed E-state index contributed by atoms with van der Waals surface area (Å²) in [7, 11) is 0. The number of hydrogen-bond acceptors (Lipinski definition) is 2. The van der Waals surface area contributed by atoms with E-state index in [1.54, 1.807) is 4.40 Å². The van der Waals surface area contributed by atoms with Crippen LogP contribution in [0.1, 0.15) is 5.56 Å². The zero-order valence-electron chi connectivity index (χ0n) is 10.3. The molecule has 0 aliphatic heterocycles. The Morgan fingerprint density at radius 3 is 2.89 bits per heavy atom. The number of benzene rings is 2. The van der Waals surface area contributed by atoms with Crippen molar-refractivity contribution in [3.8, 4) is 0 Å². The molecule has 92 valence electrons. The van der Waals surface area contributed by atoms with Crippen LogP contribution in [0.25, 0.3) is 27.7 Å². The van der Waals surface area contributed by atoms with Crippen LogP contribution in [0.4, 0.5) is 0 Å². The van der Waals surface area contributed by atoms with Gasteiger partial charge in [0.05, 0.1) is 21.9 Å². The van der Waals surface area contributed by atoms with E-state index in [-0.39, 0.29) is 5.56 Å². The maximum atomic E-state index is 12.6. The van der Waals surface area contributed by atoms with Crippen molar-refractivity contribution in [1.82, 2.24) is 14.4 Å². The van der Waals surface area contributed by atoms with Crippen molar-refractivity contribution in [2.24, 2.45) is 0 Å². The van der Waals surface area contributed by atoms with Crippen molar-refractivity contribution in [1.29, 1.82) is 0 Å². The van der Waals surface area contributed by atoms with E-state index in [1.165, 1.54) is 0 Å². The average Bonchev–Trinajstić information content (AvgIpc) is 2.76. The summed E-state index contributed by atoms with van der Waals surface area (Å²) in [5.41, 5.74) is 3.63. The number of aromatic amines is 1. The molecule has 0 radical (unpaired) electrons. The number of nitrogens with one attached hydrogen (secondary N) is 1. The smallest absolute Gasteiger partial charge is 0.267 e. The summed E-state index contributed by atoms with van der Waals surface area (Å²) in [5, 5.41) is 0.640. The molecule has 0 fully saturated rings. The molecule has 0 saturated carbocycles. The van der Waals surface area contributed by atoms with Gasteiger partial charge in [0.15, 0.2) is 0 Å². The van der Waals surface area contributed by atoms with E-state index in [0.29, 0.717) is 11.2 Å². The number of aromatic nitrogens is 3. The molecule has 4 heteroatoms. The Morgan fingerprint density at radius 2 is 2.00 bits per heavy atom. The predicted molar refractivity (Wildman–Crippen MR) is 75.6 cm³/mol. The molecule has 0 amide bonds. The van der Waals surface area contributed by atoms with Gasteiger partial charge in [0.2, 0.25) is 5.78 Å². The summed E-state index contributed by atoms with van der Waals surface area (Å²) in [5.74, 6) is 0.587. The molecule has 0 aliphatic carbocycles. The first-order chi connectivity index (χ1) is 9.24. The van der Waals surface area contributed by atoms with Gasteiger partial charge in [-0.15, -0.1) is 0 Å². The highest BCUT2D eigenvalue weighted by molar-refractivity contribution is 5.85. The fraction of sp³-hybridized carbons (Fsp3) is 0.0667. The molecule has 0 atom stereocenters. The second-order valence-electron chi connectivity index (χ2n) is 4.74. The van der Waals surface area contributed by atoms with Crippen LogP contribution >= 0.6 is 0 Å². The van der Waals surface area contributed by atoms with Crippen molar-refractivity contribution in [2.45, 2.75) is 6.92 Å². The largest absolute Gasteiger partial charge is 0.323 e. The standard InChI is InChI=1S/C15H11N3O/c1-9-6-7-13-12(8-9)17-15-16-11-5-3-2-4-10(11)14(19)18(13)15/h2-8H,1H3,(H,16,17).